The summed E-state index contributed by atoms with van der Waals surface area (Å²) in [5.41, 5.74) is 6.00. The summed E-state index contributed by atoms with van der Waals surface area (Å²) >= 11 is 1.20. The van der Waals surface area contributed by atoms with Crippen molar-refractivity contribution in [1.82, 2.24) is 4.98 Å². The van der Waals surface area contributed by atoms with Gasteiger partial charge in [0.1, 0.15) is 11.9 Å². The van der Waals surface area contributed by atoms with Crippen molar-refractivity contribution >= 4 is 26.7 Å². The van der Waals surface area contributed by atoms with Gasteiger partial charge in [-0.05, 0) is 12.1 Å². The van der Waals surface area contributed by atoms with Gasteiger partial charge in [-0.3, -0.25) is 0 Å². The Morgan fingerprint density at radius 3 is 3.00 bits per heavy atom. The van der Waals surface area contributed by atoms with Gasteiger partial charge in [0.2, 0.25) is 0 Å². The van der Waals surface area contributed by atoms with E-state index in [2.05, 4.69) is 4.98 Å². The van der Waals surface area contributed by atoms with Gasteiger partial charge in [-0.25, -0.2) is 9.37 Å². The van der Waals surface area contributed by atoms with Crippen LogP contribution in [0.1, 0.15) is 5.56 Å². The lowest BCUT2D eigenvalue weighted by Gasteiger charge is -1.91. The van der Waals surface area contributed by atoms with E-state index in [1.807, 2.05) is 0 Å². The van der Waals surface area contributed by atoms with Crippen molar-refractivity contribution in [2.24, 2.45) is 0 Å². The number of hydrogen-bond acceptors (Lipinski definition) is 4. The summed E-state index contributed by atoms with van der Waals surface area (Å²) in [7, 11) is 0. The highest BCUT2D eigenvalue weighted by atomic mass is 32.1. The molecule has 0 saturated heterocycles. The average Bonchev–Trinajstić information content (AvgIpc) is 2.42. The third-order valence-electron chi connectivity index (χ3n) is 1.61. The van der Waals surface area contributed by atoms with Crippen LogP contribution >= 0.6 is 11.3 Å². The Hall–Kier alpha value is -1.67. The summed E-state index contributed by atoms with van der Waals surface area (Å²) in [6, 6.07) is 4.43. The summed E-state index contributed by atoms with van der Waals surface area (Å²) in [6.07, 6.45) is 0. The molecule has 13 heavy (non-hydrogen) atoms. The maximum atomic E-state index is 13.0. The van der Waals surface area contributed by atoms with E-state index in [4.69, 9.17) is 11.0 Å². The normalized spacial score (nSPS) is 10.2. The number of nitrogen functional groups attached to an aromatic ring is 1. The zero-order valence-corrected chi connectivity index (χ0v) is 7.23. The van der Waals surface area contributed by atoms with Crippen LogP contribution in [0.3, 0.4) is 0 Å². The van der Waals surface area contributed by atoms with Crippen LogP contribution in [-0.4, -0.2) is 4.98 Å². The molecule has 1 aromatic heterocycles. The molecular weight excluding hydrogens is 189 g/mol. The van der Waals surface area contributed by atoms with Gasteiger partial charge in [0.25, 0.3) is 0 Å². The van der Waals surface area contributed by atoms with Gasteiger partial charge in [-0.2, -0.15) is 5.26 Å². The molecule has 0 amide bonds. The lowest BCUT2D eigenvalue weighted by Crippen LogP contribution is -1.83. The molecule has 0 aliphatic carbocycles. The Morgan fingerprint density at radius 1 is 1.54 bits per heavy atom. The largest absolute Gasteiger partial charge is 0.375 e. The minimum atomic E-state index is -0.529. The first-order valence-corrected chi connectivity index (χ1v) is 4.28. The number of hydrogen-bond donors (Lipinski definition) is 1. The van der Waals surface area contributed by atoms with Gasteiger partial charge in [0.15, 0.2) is 5.13 Å². The van der Waals surface area contributed by atoms with Gasteiger partial charge in [0, 0.05) is 0 Å². The molecule has 0 saturated carbocycles. The lowest BCUT2D eigenvalue weighted by molar-refractivity contribution is 0.626. The Labute approximate surface area is 77.2 Å². The summed E-state index contributed by atoms with van der Waals surface area (Å²) in [4.78, 5) is 3.94. The second-order valence-corrected chi connectivity index (χ2v) is 3.53. The predicted molar refractivity (Wildman–Crippen MR) is 48.7 cm³/mol. The third kappa shape index (κ3) is 1.21. The minimum absolute atomic E-state index is 0.00204. The standard InChI is InChI=1S/C8H4FN3S/c9-5-2-7-6(1-4(5)3-10)12-8(11)13-7/h1-2H,(H2,11,12). The van der Waals surface area contributed by atoms with Crippen molar-refractivity contribution in [2.45, 2.75) is 0 Å². The SMILES string of the molecule is N#Cc1cc2nc(N)sc2cc1F. The zero-order valence-electron chi connectivity index (χ0n) is 6.41. The van der Waals surface area contributed by atoms with Crippen molar-refractivity contribution < 1.29 is 4.39 Å². The second kappa shape index (κ2) is 2.68. The maximum Gasteiger partial charge on any atom is 0.181 e. The fourth-order valence-electron chi connectivity index (χ4n) is 1.05. The lowest BCUT2D eigenvalue weighted by atomic mass is 10.2. The number of aromatic nitrogens is 1. The van der Waals surface area contributed by atoms with Crippen molar-refractivity contribution in [3.63, 3.8) is 0 Å². The highest BCUT2D eigenvalue weighted by Gasteiger charge is 2.07. The van der Waals surface area contributed by atoms with E-state index in [1.54, 1.807) is 6.07 Å². The van der Waals surface area contributed by atoms with Crippen molar-refractivity contribution in [1.29, 1.82) is 5.26 Å². The second-order valence-electron chi connectivity index (χ2n) is 2.46. The van der Waals surface area contributed by atoms with Crippen LogP contribution < -0.4 is 5.73 Å². The first-order chi connectivity index (χ1) is 6.20. The molecule has 1 heterocycles. The minimum Gasteiger partial charge on any atom is -0.375 e. The van der Waals surface area contributed by atoms with Crippen LogP contribution in [0.15, 0.2) is 12.1 Å². The van der Waals surface area contributed by atoms with E-state index < -0.39 is 5.82 Å². The molecule has 0 unspecified atom stereocenters. The number of nitrogens with zero attached hydrogens (tertiary/aromatic N) is 2. The van der Waals surface area contributed by atoms with E-state index >= 15 is 0 Å². The molecular formula is C8H4FN3S. The molecule has 0 radical (unpaired) electrons. The highest BCUT2D eigenvalue weighted by Crippen LogP contribution is 2.25. The number of nitriles is 1. The Kier molecular flexibility index (Phi) is 1.64. The van der Waals surface area contributed by atoms with E-state index in [0.29, 0.717) is 15.3 Å². The molecule has 5 heteroatoms. The van der Waals surface area contributed by atoms with Crippen molar-refractivity contribution in [3.05, 3.63) is 23.5 Å². The Bertz CT molecular complexity index is 512. The number of nitrogens with two attached hydrogens (primary N) is 1. The Balaban J connectivity index is 2.82. The van der Waals surface area contributed by atoms with Crippen LogP contribution in [0.25, 0.3) is 10.2 Å². The summed E-state index contributed by atoms with van der Waals surface area (Å²) < 4.78 is 13.7. The predicted octanol–water partition coefficient (Wildman–Crippen LogP) is 1.89. The maximum absolute atomic E-state index is 13.0. The molecule has 64 valence electrons. The van der Waals surface area contributed by atoms with Crippen LogP contribution in [0.4, 0.5) is 9.52 Å². The smallest absolute Gasteiger partial charge is 0.181 e. The van der Waals surface area contributed by atoms with Gasteiger partial charge >= 0.3 is 0 Å². The van der Waals surface area contributed by atoms with E-state index in [0.717, 1.165) is 0 Å². The molecule has 0 bridgehead atoms. The third-order valence-corrected chi connectivity index (χ3v) is 2.46. The molecule has 1 aromatic carbocycles. The number of halogens is 1. The number of benzene rings is 1. The van der Waals surface area contributed by atoms with Crippen molar-refractivity contribution in [3.8, 4) is 6.07 Å². The first-order valence-electron chi connectivity index (χ1n) is 3.46. The fraction of sp³-hybridized carbons (Fsp3) is 0. The molecule has 0 atom stereocenters. The molecule has 0 fully saturated rings. The molecule has 0 aliphatic rings. The number of rotatable bonds is 0. The quantitative estimate of drug-likeness (QED) is 0.694. The fourth-order valence-corrected chi connectivity index (χ4v) is 1.79. The van der Waals surface area contributed by atoms with Gasteiger partial charge in [0.05, 0.1) is 15.8 Å². The van der Waals surface area contributed by atoms with Crippen LogP contribution in [-0.2, 0) is 0 Å². The Morgan fingerprint density at radius 2 is 2.31 bits per heavy atom. The van der Waals surface area contributed by atoms with Crippen LogP contribution in [0.2, 0.25) is 0 Å². The summed E-state index contributed by atoms with van der Waals surface area (Å²) in [6.45, 7) is 0. The summed E-state index contributed by atoms with van der Waals surface area (Å²) in [5.74, 6) is -0.529. The molecule has 2 N–H and O–H groups in total. The first kappa shape index (κ1) is 7.95. The van der Waals surface area contributed by atoms with Crippen LogP contribution in [0.5, 0.6) is 0 Å². The number of fused-ring (bicyclic) bond motifs is 1. The highest BCUT2D eigenvalue weighted by molar-refractivity contribution is 7.22. The topological polar surface area (TPSA) is 62.7 Å². The molecule has 3 nitrogen and oxygen atoms in total. The molecule has 0 aliphatic heterocycles. The monoisotopic (exact) mass is 193 g/mol. The molecule has 2 aromatic rings. The van der Waals surface area contributed by atoms with Gasteiger partial charge in [-0.15, -0.1) is 0 Å². The van der Waals surface area contributed by atoms with E-state index in [-0.39, 0.29) is 5.56 Å². The van der Waals surface area contributed by atoms with Gasteiger partial charge < -0.3 is 5.73 Å². The van der Waals surface area contributed by atoms with Gasteiger partial charge in [-0.1, -0.05) is 11.3 Å². The number of anilines is 1. The van der Waals surface area contributed by atoms with E-state index in [9.17, 15) is 4.39 Å². The molecule has 0 spiro atoms. The van der Waals surface area contributed by atoms with Crippen LogP contribution in [0, 0.1) is 17.1 Å². The molecule has 2 rings (SSSR count). The summed E-state index contributed by atoms with van der Waals surface area (Å²) in [5, 5.41) is 8.92. The van der Waals surface area contributed by atoms with E-state index in [1.165, 1.54) is 23.5 Å². The number of thiazole rings is 1. The zero-order chi connectivity index (χ0) is 9.42. The van der Waals surface area contributed by atoms with Crippen molar-refractivity contribution in [2.75, 3.05) is 5.73 Å². The average molecular weight is 193 g/mol.